The molecule has 64 valence electrons. The third-order valence-corrected chi connectivity index (χ3v) is 1.78. The highest BCUT2D eigenvalue weighted by molar-refractivity contribution is 14.1. The Hall–Kier alpha value is 0.360. The predicted molar refractivity (Wildman–Crippen MR) is 52.8 cm³/mol. The van der Waals surface area contributed by atoms with Crippen LogP contribution in [0.1, 0.15) is 6.42 Å². The summed E-state index contributed by atoms with van der Waals surface area (Å²) in [5.41, 5.74) is 5.22. The normalized spacial score (nSPS) is 11.9. The van der Waals surface area contributed by atoms with Crippen LogP contribution < -0.4 is 5.73 Å². The summed E-state index contributed by atoms with van der Waals surface area (Å²) in [6.07, 6.45) is -0.162. The van der Waals surface area contributed by atoms with Crippen molar-refractivity contribution in [2.75, 3.05) is 0 Å². The van der Waals surface area contributed by atoms with Gasteiger partial charge in [0.15, 0.2) is 46.0 Å². The third-order valence-electron chi connectivity index (χ3n) is 0.851. The van der Waals surface area contributed by atoms with Crippen molar-refractivity contribution in [1.29, 1.82) is 0 Å². The lowest BCUT2D eigenvalue weighted by Gasteiger charge is -2.04. The quantitative estimate of drug-likeness (QED) is 0.716. The van der Waals surface area contributed by atoms with E-state index < -0.39 is 18.0 Å². The van der Waals surface area contributed by atoms with Gasteiger partial charge in [0.1, 0.15) is 6.04 Å². The lowest BCUT2D eigenvalue weighted by atomic mass is 10.2. The van der Waals surface area contributed by atoms with Crippen LogP contribution in [0, 0.1) is 0 Å². The minimum Gasteiger partial charge on any atom is -0.394 e. The molecule has 0 aliphatic rings. The zero-order chi connectivity index (χ0) is 8.85. The van der Waals surface area contributed by atoms with Crippen molar-refractivity contribution in [2.45, 2.75) is 12.5 Å². The molecule has 0 radical (unpaired) electrons. The summed E-state index contributed by atoms with van der Waals surface area (Å²) >= 11 is 2.83. The SMILES string of the molecule is N[C@@H](CC(=O)OI)C(=O)OI. The van der Waals surface area contributed by atoms with Gasteiger partial charge in [0.2, 0.25) is 0 Å². The molecule has 0 fully saturated rings. The van der Waals surface area contributed by atoms with Crippen LogP contribution in [0.5, 0.6) is 0 Å². The molecule has 0 spiro atoms. The van der Waals surface area contributed by atoms with Gasteiger partial charge in [0.05, 0.1) is 6.42 Å². The van der Waals surface area contributed by atoms with Crippen molar-refractivity contribution in [3.63, 3.8) is 0 Å². The third kappa shape index (κ3) is 4.74. The van der Waals surface area contributed by atoms with Crippen molar-refractivity contribution < 1.29 is 15.7 Å². The number of hydrogen-bond acceptors (Lipinski definition) is 5. The molecule has 2 N–H and O–H groups in total. The lowest BCUT2D eigenvalue weighted by Crippen LogP contribution is -2.32. The Kier molecular flexibility index (Phi) is 6.14. The van der Waals surface area contributed by atoms with E-state index in [0.29, 0.717) is 0 Å². The molecule has 0 aliphatic carbocycles. The average Bonchev–Trinajstić information content (AvgIpc) is 2.02. The van der Waals surface area contributed by atoms with Gasteiger partial charge < -0.3 is 11.9 Å². The summed E-state index contributed by atoms with van der Waals surface area (Å²) in [7, 11) is 0. The molecule has 0 rings (SSSR count). The van der Waals surface area contributed by atoms with Crippen LogP contribution in [0.25, 0.3) is 0 Å². The van der Waals surface area contributed by atoms with Crippen LogP contribution >= 0.6 is 46.0 Å². The van der Waals surface area contributed by atoms with Gasteiger partial charge in [-0.2, -0.15) is 0 Å². The van der Waals surface area contributed by atoms with Crippen LogP contribution in [0.4, 0.5) is 0 Å². The molecule has 0 heterocycles. The highest BCUT2D eigenvalue weighted by Gasteiger charge is 2.18. The first-order chi connectivity index (χ1) is 5.11. The Morgan fingerprint density at radius 2 is 1.91 bits per heavy atom. The fourth-order valence-electron chi connectivity index (χ4n) is 0.352. The van der Waals surface area contributed by atoms with Crippen LogP contribution in [0.2, 0.25) is 0 Å². The topological polar surface area (TPSA) is 78.6 Å². The van der Waals surface area contributed by atoms with Crippen molar-refractivity contribution in [2.24, 2.45) is 5.73 Å². The summed E-state index contributed by atoms with van der Waals surface area (Å²) in [5.74, 6) is -1.17. The van der Waals surface area contributed by atoms with Crippen LogP contribution in [-0.4, -0.2) is 18.0 Å². The van der Waals surface area contributed by atoms with Gasteiger partial charge in [0, 0.05) is 0 Å². The first-order valence-corrected chi connectivity index (χ1v) is 4.27. The number of nitrogens with two attached hydrogens (primary N) is 1. The highest BCUT2D eigenvalue weighted by Crippen LogP contribution is 2.00. The first-order valence-electron chi connectivity index (χ1n) is 2.51. The van der Waals surface area contributed by atoms with Crippen LogP contribution in [0.3, 0.4) is 0 Å². The number of carbonyl (C=O) groups is 2. The number of halogens is 2. The van der Waals surface area contributed by atoms with Gasteiger partial charge in [0.25, 0.3) is 0 Å². The molecular formula is C4H5I2NO4. The van der Waals surface area contributed by atoms with Gasteiger partial charge in [-0.3, -0.25) is 4.79 Å². The minimum atomic E-state index is -0.936. The fraction of sp³-hybridized carbons (Fsp3) is 0.500. The maximum absolute atomic E-state index is 10.6. The van der Waals surface area contributed by atoms with E-state index in [4.69, 9.17) is 5.73 Å². The maximum atomic E-state index is 10.6. The molecule has 0 saturated heterocycles. The van der Waals surface area contributed by atoms with E-state index in [1.54, 1.807) is 0 Å². The zero-order valence-electron chi connectivity index (χ0n) is 5.25. The molecule has 0 aromatic rings. The highest BCUT2D eigenvalue weighted by atomic mass is 127. The zero-order valence-corrected chi connectivity index (χ0v) is 9.57. The van der Waals surface area contributed by atoms with Gasteiger partial charge in [-0.1, -0.05) is 0 Å². The van der Waals surface area contributed by atoms with Crippen molar-refractivity contribution >= 4 is 58.0 Å². The monoisotopic (exact) mass is 385 g/mol. The smallest absolute Gasteiger partial charge is 0.332 e. The Bertz CT molecular complexity index is 162. The first kappa shape index (κ1) is 11.4. The standard InChI is InChI=1S/C4H5I2NO4/c5-10-3(8)1-2(7)4(9)11-6/h2H,1,7H2/t2-/m0/s1. The van der Waals surface area contributed by atoms with Crippen molar-refractivity contribution in [3.8, 4) is 0 Å². The second-order valence-corrected chi connectivity index (χ2v) is 2.54. The van der Waals surface area contributed by atoms with Gasteiger partial charge >= 0.3 is 11.9 Å². The van der Waals surface area contributed by atoms with E-state index in [-0.39, 0.29) is 6.42 Å². The number of carbonyl (C=O) groups excluding carboxylic acids is 2. The average molecular weight is 385 g/mol. The number of rotatable bonds is 3. The Labute approximate surface area is 91.4 Å². The fourth-order valence-corrected chi connectivity index (χ4v) is 0.858. The second-order valence-electron chi connectivity index (χ2n) is 1.66. The molecule has 0 aromatic heterocycles. The number of hydrogen-bond donors (Lipinski definition) is 1. The van der Waals surface area contributed by atoms with E-state index in [9.17, 15) is 9.59 Å². The molecule has 1 atom stereocenters. The molecule has 0 saturated carbocycles. The Balaban J connectivity index is 3.77. The van der Waals surface area contributed by atoms with Gasteiger partial charge in [-0.05, 0) is 0 Å². The van der Waals surface area contributed by atoms with Crippen molar-refractivity contribution in [3.05, 3.63) is 0 Å². The lowest BCUT2D eigenvalue weighted by molar-refractivity contribution is -0.138. The van der Waals surface area contributed by atoms with E-state index in [2.05, 4.69) is 6.13 Å². The van der Waals surface area contributed by atoms with Gasteiger partial charge in [-0.25, -0.2) is 4.79 Å². The molecule has 0 amide bonds. The summed E-state index contributed by atoms with van der Waals surface area (Å²) in [6, 6.07) is -0.936. The predicted octanol–water partition coefficient (Wildman–Crippen LogP) is 0.490. The van der Waals surface area contributed by atoms with Crippen molar-refractivity contribution in [1.82, 2.24) is 0 Å². The summed E-state index contributed by atoms with van der Waals surface area (Å²) in [6.45, 7) is 0. The summed E-state index contributed by atoms with van der Waals surface area (Å²) < 4.78 is 8.51. The van der Waals surface area contributed by atoms with E-state index in [0.717, 1.165) is 0 Å². The van der Waals surface area contributed by atoms with Crippen LogP contribution in [0.15, 0.2) is 0 Å². The van der Waals surface area contributed by atoms with E-state index in [1.165, 1.54) is 46.0 Å². The molecule has 5 nitrogen and oxygen atoms in total. The molecule has 7 heteroatoms. The van der Waals surface area contributed by atoms with E-state index in [1.807, 2.05) is 0 Å². The molecule has 0 aliphatic heterocycles. The van der Waals surface area contributed by atoms with Gasteiger partial charge in [-0.15, -0.1) is 0 Å². The molecular weight excluding hydrogens is 380 g/mol. The second kappa shape index (κ2) is 5.94. The molecule has 0 aromatic carbocycles. The van der Waals surface area contributed by atoms with E-state index >= 15 is 0 Å². The summed E-state index contributed by atoms with van der Waals surface area (Å²) in [4.78, 5) is 21.1. The molecule has 0 bridgehead atoms. The maximum Gasteiger partial charge on any atom is 0.332 e. The largest absolute Gasteiger partial charge is 0.394 e. The molecule has 0 unspecified atom stereocenters. The Morgan fingerprint density at radius 3 is 2.27 bits per heavy atom. The molecule has 11 heavy (non-hydrogen) atoms. The summed E-state index contributed by atoms with van der Waals surface area (Å²) in [5, 5.41) is 0. The van der Waals surface area contributed by atoms with Crippen LogP contribution in [-0.2, 0) is 15.7 Å². The minimum absolute atomic E-state index is 0.162. The Morgan fingerprint density at radius 1 is 1.36 bits per heavy atom.